The van der Waals surface area contributed by atoms with E-state index in [0.29, 0.717) is 17.3 Å². The van der Waals surface area contributed by atoms with Crippen molar-refractivity contribution in [3.63, 3.8) is 0 Å². The van der Waals surface area contributed by atoms with Gasteiger partial charge in [-0.05, 0) is 42.0 Å². The average Bonchev–Trinajstić information content (AvgIpc) is 2.55. The predicted molar refractivity (Wildman–Crippen MR) is 82.3 cm³/mol. The van der Waals surface area contributed by atoms with Crippen LogP contribution in [-0.2, 0) is 16.1 Å². The summed E-state index contributed by atoms with van der Waals surface area (Å²) >= 11 is 0. The van der Waals surface area contributed by atoms with E-state index >= 15 is 0 Å². The number of amides is 1. The molecule has 0 bridgehead atoms. The number of aliphatic hydroxyl groups excluding tert-OH is 1. The van der Waals surface area contributed by atoms with Gasteiger partial charge in [0.1, 0.15) is 11.6 Å². The highest BCUT2D eigenvalue weighted by atomic mass is 19.1. The number of hydrogen-bond donors (Lipinski definition) is 2. The Morgan fingerprint density at radius 3 is 1.92 bits per heavy atom. The molecule has 0 spiro atoms. The van der Waals surface area contributed by atoms with Crippen molar-refractivity contribution in [3.8, 4) is 0 Å². The number of hydrogen-bond acceptors (Lipinski definition) is 3. The summed E-state index contributed by atoms with van der Waals surface area (Å²) in [5, 5.41) is 17.9. The number of carbonyl (C=O) groups is 2. The fourth-order valence-electron chi connectivity index (χ4n) is 1.95. The summed E-state index contributed by atoms with van der Waals surface area (Å²) in [5.74, 6) is -4.53. The molecule has 7 heteroatoms. The maximum atomic E-state index is 13.1. The normalized spacial score (nSPS) is 11.2. The number of halogens is 2. The molecule has 0 aliphatic carbocycles. The molecule has 24 heavy (non-hydrogen) atoms. The van der Waals surface area contributed by atoms with E-state index in [1.807, 2.05) is 0 Å². The number of aliphatic carboxylic acids is 1. The molecule has 0 heterocycles. The van der Waals surface area contributed by atoms with Gasteiger partial charge in [0.25, 0.3) is 5.91 Å². The summed E-state index contributed by atoms with van der Waals surface area (Å²) in [6.07, 6.45) is 0.551. The monoisotopic (exact) mass is 333 g/mol. The van der Waals surface area contributed by atoms with Gasteiger partial charge in [0.2, 0.25) is 5.76 Å². The topological polar surface area (TPSA) is 77.8 Å². The van der Waals surface area contributed by atoms with Crippen LogP contribution in [0.4, 0.5) is 14.5 Å². The summed E-state index contributed by atoms with van der Waals surface area (Å²) < 4.78 is 26.0. The van der Waals surface area contributed by atoms with Crippen LogP contribution in [-0.4, -0.2) is 22.1 Å². The van der Waals surface area contributed by atoms with E-state index in [1.54, 1.807) is 0 Å². The Morgan fingerprint density at radius 1 is 0.917 bits per heavy atom. The minimum atomic E-state index is -1.65. The lowest BCUT2D eigenvalue weighted by Crippen LogP contribution is -2.29. The van der Waals surface area contributed by atoms with E-state index in [1.165, 1.54) is 36.4 Å². The predicted octanol–water partition coefficient (Wildman–Crippen LogP) is 3.02. The number of nitrogens with zero attached hydrogens (tertiary/aromatic N) is 1. The van der Waals surface area contributed by atoms with E-state index < -0.39 is 29.3 Å². The van der Waals surface area contributed by atoms with Crippen molar-refractivity contribution < 1.29 is 28.6 Å². The van der Waals surface area contributed by atoms with Gasteiger partial charge in [-0.15, -0.1) is 0 Å². The quantitative estimate of drug-likeness (QED) is 0.651. The molecule has 1 amide bonds. The Labute approximate surface area is 136 Å². The van der Waals surface area contributed by atoms with Crippen LogP contribution in [0.15, 0.2) is 60.4 Å². The fraction of sp³-hybridized carbons (Fsp3) is 0.0588. The third kappa shape index (κ3) is 4.39. The molecule has 0 fully saturated rings. The zero-order valence-corrected chi connectivity index (χ0v) is 12.3. The van der Waals surface area contributed by atoms with Crippen LogP contribution >= 0.6 is 0 Å². The van der Waals surface area contributed by atoms with E-state index in [4.69, 9.17) is 5.11 Å². The average molecular weight is 333 g/mol. The van der Waals surface area contributed by atoms with Crippen LogP contribution in [0.5, 0.6) is 0 Å². The molecule has 0 saturated heterocycles. The second-order valence-electron chi connectivity index (χ2n) is 4.86. The molecule has 2 aromatic rings. The van der Waals surface area contributed by atoms with Crippen molar-refractivity contribution in [1.29, 1.82) is 0 Å². The van der Waals surface area contributed by atoms with Crippen molar-refractivity contribution in [3.05, 3.63) is 77.6 Å². The van der Waals surface area contributed by atoms with Crippen molar-refractivity contribution in [2.75, 3.05) is 4.90 Å². The Hall–Kier alpha value is -3.22. The van der Waals surface area contributed by atoms with Gasteiger partial charge in [-0.1, -0.05) is 12.1 Å². The van der Waals surface area contributed by atoms with Crippen molar-refractivity contribution in [2.24, 2.45) is 0 Å². The number of carbonyl (C=O) groups excluding carboxylic acids is 1. The van der Waals surface area contributed by atoms with Crippen LogP contribution in [0.3, 0.4) is 0 Å². The molecule has 124 valence electrons. The van der Waals surface area contributed by atoms with Gasteiger partial charge < -0.3 is 15.1 Å². The van der Waals surface area contributed by atoms with E-state index in [-0.39, 0.29) is 6.54 Å². The number of rotatable bonds is 5. The standard InChI is InChI=1S/C17H13F2NO4/c18-12-3-1-11(2-4-12)10-20(14-7-5-13(19)6-8-14)16(22)9-15(21)17(23)24/h1-9,21H,10H2,(H,23,24). The highest BCUT2D eigenvalue weighted by molar-refractivity contribution is 6.04. The SMILES string of the molecule is O=C(O)C(O)=CC(=O)N(Cc1ccc(F)cc1)c1ccc(F)cc1. The first-order chi connectivity index (χ1) is 11.4. The molecule has 0 saturated carbocycles. The Morgan fingerprint density at radius 2 is 1.42 bits per heavy atom. The highest BCUT2D eigenvalue weighted by Crippen LogP contribution is 2.19. The zero-order valence-electron chi connectivity index (χ0n) is 12.3. The maximum Gasteiger partial charge on any atom is 0.371 e. The summed E-state index contributed by atoms with van der Waals surface area (Å²) in [4.78, 5) is 24.1. The van der Waals surface area contributed by atoms with Gasteiger partial charge in [-0.3, -0.25) is 4.79 Å². The summed E-state index contributed by atoms with van der Waals surface area (Å²) in [7, 11) is 0. The van der Waals surface area contributed by atoms with Gasteiger partial charge in [0.05, 0.1) is 12.6 Å². The van der Waals surface area contributed by atoms with Gasteiger partial charge in [-0.2, -0.15) is 0 Å². The first kappa shape index (κ1) is 17.1. The lowest BCUT2D eigenvalue weighted by atomic mass is 10.2. The summed E-state index contributed by atoms with van der Waals surface area (Å²) in [6.45, 7) is -0.0197. The Balaban J connectivity index is 2.35. The Bertz CT molecular complexity index is 770. The van der Waals surface area contributed by atoms with E-state index in [9.17, 15) is 23.5 Å². The smallest absolute Gasteiger partial charge is 0.371 e. The highest BCUT2D eigenvalue weighted by Gasteiger charge is 2.17. The zero-order chi connectivity index (χ0) is 17.7. The molecule has 5 nitrogen and oxygen atoms in total. The number of aliphatic hydroxyl groups is 1. The van der Waals surface area contributed by atoms with Crippen LogP contribution in [0.1, 0.15) is 5.56 Å². The van der Waals surface area contributed by atoms with Crippen molar-refractivity contribution in [1.82, 2.24) is 0 Å². The lowest BCUT2D eigenvalue weighted by molar-refractivity contribution is -0.135. The third-order valence-electron chi connectivity index (χ3n) is 3.14. The van der Waals surface area contributed by atoms with Crippen molar-refractivity contribution in [2.45, 2.75) is 6.54 Å². The summed E-state index contributed by atoms with van der Waals surface area (Å²) in [6, 6.07) is 10.3. The van der Waals surface area contributed by atoms with Gasteiger partial charge >= 0.3 is 5.97 Å². The molecule has 0 radical (unpaired) electrons. The second-order valence-corrected chi connectivity index (χ2v) is 4.86. The number of carboxylic acid groups (broad SMARTS) is 1. The number of carboxylic acids is 1. The van der Waals surface area contributed by atoms with Crippen LogP contribution in [0, 0.1) is 11.6 Å². The fourth-order valence-corrected chi connectivity index (χ4v) is 1.95. The first-order valence-corrected chi connectivity index (χ1v) is 6.82. The van der Waals surface area contributed by atoms with Crippen molar-refractivity contribution >= 4 is 17.6 Å². The Kier molecular flexibility index (Phi) is 5.26. The molecule has 2 rings (SSSR count). The van der Waals surface area contributed by atoms with E-state index in [0.717, 1.165) is 17.0 Å². The van der Waals surface area contributed by atoms with E-state index in [2.05, 4.69) is 0 Å². The van der Waals surface area contributed by atoms with Gasteiger partial charge in [0.15, 0.2) is 0 Å². The molecule has 0 unspecified atom stereocenters. The lowest BCUT2D eigenvalue weighted by Gasteiger charge is -2.21. The number of benzene rings is 2. The second kappa shape index (κ2) is 7.36. The van der Waals surface area contributed by atoms with Crippen LogP contribution in [0.25, 0.3) is 0 Å². The van der Waals surface area contributed by atoms with Gasteiger partial charge in [0, 0.05) is 5.69 Å². The van der Waals surface area contributed by atoms with Crippen LogP contribution in [0.2, 0.25) is 0 Å². The number of anilines is 1. The largest absolute Gasteiger partial charge is 0.502 e. The maximum absolute atomic E-state index is 13.1. The molecule has 0 atom stereocenters. The molecule has 0 aliphatic rings. The molecule has 2 N–H and O–H groups in total. The molecular weight excluding hydrogens is 320 g/mol. The summed E-state index contributed by atoms with van der Waals surface area (Å²) in [5.41, 5.74) is 0.859. The molecule has 0 aromatic heterocycles. The minimum Gasteiger partial charge on any atom is -0.502 e. The molecular formula is C17H13F2NO4. The first-order valence-electron chi connectivity index (χ1n) is 6.82. The van der Waals surface area contributed by atoms with Gasteiger partial charge in [-0.25, -0.2) is 13.6 Å². The minimum absolute atomic E-state index is 0.0197. The third-order valence-corrected chi connectivity index (χ3v) is 3.14. The van der Waals surface area contributed by atoms with Crippen LogP contribution < -0.4 is 4.90 Å². The molecule has 2 aromatic carbocycles. The molecule has 0 aliphatic heterocycles.